The summed E-state index contributed by atoms with van der Waals surface area (Å²) in [5.41, 5.74) is 6.60. The van der Waals surface area contributed by atoms with Crippen LogP contribution in [0, 0.1) is 0 Å². The predicted molar refractivity (Wildman–Crippen MR) is 57.4 cm³/mol. The lowest BCUT2D eigenvalue weighted by molar-refractivity contribution is -0.120. The number of carbonyl (C=O) groups excluding carboxylic acids is 1. The first-order valence-corrected chi connectivity index (χ1v) is 4.97. The number of anilines is 1. The van der Waals surface area contributed by atoms with E-state index in [4.69, 9.17) is 5.73 Å². The number of nitrogens with one attached hydrogen (secondary N) is 1. The van der Waals surface area contributed by atoms with Crippen molar-refractivity contribution in [3.8, 4) is 0 Å². The summed E-state index contributed by atoms with van der Waals surface area (Å²) in [6, 6.07) is 3.80. The SMILES string of the molecule is NCc1cccnc1N1CCNC(=O)C1. The van der Waals surface area contributed by atoms with Gasteiger partial charge in [-0.05, 0) is 6.07 Å². The van der Waals surface area contributed by atoms with Crippen molar-refractivity contribution in [3.63, 3.8) is 0 Å². The Bertz CT molecular complexity index is 366. The minimum absolute atomic E-state index is 0.0369. The minimum Gasteiger partial charge on any atom is -0.353 e. The van der Waals surface area contributed by atoms with E-state index < -0.39 is 0 Å². The highest BCUT2D eigenvalue weighted by molar-refractivity contribution is 5.82. The number of nitrogens with zero attached hydrogens (tertiary/aromatic N) is 2. The lowest BCUT2D eigenvalue weighted by atomic mass is 10.2. The summed E-state index contributed by atoms with van der Waals surface area (Å²) in [5, 5.41) is 2.78. The van der Waals surface area contributed by atoms with E-state index in [2.05, 4.69) is 10.3 Å². The number of amides is 1. The third-order valence-electron chi connectivity index (χ3n) is 2.43. The van der Waals surface area contributed by atoms with Gasteiger partial charge in [0.25, 0.3) is 0 Å². The maximum Gasteiger partial charge on any atom is 0.239 e. The van der Waals surface area contributed by atoms with Gasteiger partial charge in [-0.15, -0.1) is 0 Å². The van der Waals surface area contributed by atoms with Gasteiger partial charge in [0.05, 0.1) is 6.54 Å². The van der Waals surface area contributed by atoms with Crippen LogP contribution in [0.25, 0.3) is 0 Å². The molecule has 0 saturated carbocycles. The molecular formula is C10H14N4O. The Labute approximate surface area is 88.3 Å². The third kappa shape index (κ3) is 2.07. The zero-order valence-corrected chi connectivity index (χ0v) is 8.44. The molecule has 1 fully saturated rings. The average Bonchev–Trinajstić information content (AvgIpc) is 2.29. The topological polar surface area (TPSA) is 71.2 Å². The fraction of sp³-hybridized carbons (Fsp3) is 0.400. The molecule has 0 aliphatic carbocycles. The van der Waals surface area contributed by atoms with Gasteiger partial charge in [0.15, 0.2) is 0 Å². The normalized spacial score (nSPS) is 16.3. The van der Waals surface area contributed by atoms with Crippen LogP contribution in [0.4, 0.5) is 5.82 Å². The van der Waals surface area contributed by atoms with Crippen LogP contribution in [0.5, 0.6) is 0 Å². The van der Waals surface area contributed by atoms with Crippen molar-refractivity contribution in [1.82, 2.24) is 10.3 Å². The number of aromatic nitrogens is 1. The Balaban J connectivity index is 2.24. The average molecular weight is 206 g/mol. The summed E-state index contributed by atoms with van der Waals surface area (Å²) in [5.74, 6) is 0.865. The van der Waals surface area contributed by atoms with E-state index in [1.54, 1.807) is 6.20 Å². The Morgan fingerprint density at radius 3 is 3.20 bits per heavy atom. The van der Waals surface area contributed by atoms with E-state index in [0.29, 0.717) is 19.6 Å². The summed E-state index contributed by atoms with van der Waals surface area (Å²) < 4.78 is 0. The predicted octanol–water partition coefficient (Wildman–Crippen LogP) is -0.524. The van der Waals surface area contributed by atoms with Gasteiger partial charge in [-0.2, -0.15) is 0 Å². The van der Waals surface area contributed by atoms with Crippen LogP contribution in [0.1, 0.15) is 5.56 Å². The van der Waals surface area contributed by atoms with Crippen molar-refractivity contribution < 1.29 is 4.79 Å². The maximum absolute atomic E-state index is 11.2. The molecule has 1 aromatic heterocycles. The first-order valence-electron chi connectivity index (χ1n) is 4.97. The number of rotatable bonds is 2. The van der Waals surface area contributed by atoms with Crippen molar-refractivity contribution in [2.75, 3.05) is 24.5 Å². The summed E-state index contributed by atoms with van der Waals surface area (Å²) >= 11 is 0. The first-order chi connectivity index (χ1) is 7.31. The Morgan fingerprint density at radius 1 is 1.60 bits per heavy atom. The molecule has 3 N–H and O–H groups in total. The van der Waals surface area contributed by atoms with Crippen LogP contribution in [0.2, 0.25) is 0 Å². The van der Waals surface area contributed by atoms with Crippen molar-refractivity contribution in [2.24, 2.45) is 5.73 Å². The second kappa shape index (κ2) is 4.27. The summed E-state index contributed by atoms with van der Waals surface area (Å²) in [6.45, 7) is 2.26. The van der Waals surface area contributed by atoms with E-state index in [9.17, 15) is 4.79 Å². The second-order valence-corrected chi connectivity index (χ2v) is 3.46. The van der Waals surface area contributed by atoms with Gasteiger partial charge in [0, 0.05) is 31.4 Å². The molecule has 2 rings (SSSR count). The summed E-state index contributed by atoms with van der Waals surface area (Å²) in [4.78, 5) is 17.5. The Kier molecular flexibility index (Phi) is 2.82. The van der Waals surface area contributed by atoms with Crippen LogP contribution in [0.3, 0.4) is 0 Å². The van der Waals surface area contributed by atoms with Gasteiger partial charge in [-0.25, -0.2) is 4.98 Å². The van der Waals surface area contributed by atoms with Crippen LogP contribution < -0.4 is 16.0 Å². The fourth-order valence-corrected chi connectivity index (χ4v) is 1.69. The highest BCUT2D eigenvalue weighted by Gasteiger charge is 2.18. The van der Waals surface area contributed by atoms with Crippen molar-refractivity contribution in [3.05, 3.63) is 23.9 Å². The molecule has 0 unspecified atom stereocenters. The summed E-state index contributed by atoms with van der Waals surface area (Å²) in [7, 11) is 0. The molecule has 1 aliphatic rings. The standard InChI is InChI=1S/C10H14N4O/c11-6-8-2-1-3-13-10(8)14-5-4-12-9(15)7-14/h1-3H,4-7,11H2,(H,12,15). The van der Waals surface area contributed by atoms with Gasteiger partial charge in [0.1, 0.15) is 5.82 Å². The molecule has 0 bridgehead atoms. The molecule has 15 heavy (non-hydrogen) atoms. The van der Waals surface area contributed by atoms with Gasteiger partial charge >= 0.3 is 0 Å². The number of hydrogen-bond donors (Lipinski definition) is 2. The molecule has 5 heteroatoms. The molecule has 1 amide bonds. The van der Waals surface area contributed by atoms with Crippen molar-refractivity contribution in [2.45, 2.75) is 6.54 Å². The quantitative estimate of drug-likeness (QED) is 0.683. The molecule has 0 spiro atoms. The molecule has 5 nitrogen and oxygen atoms in total. The molecule has 1 aromatic rings. The molecule has 0 aromatic carbocycles. The number of nitrogens with two attached hydrogens (primary N) is 1. The monoisotopic (exact) mass is 206 g/mol. The number of carbonyl (C=O) groups is 1. The lowest BCUT2D eigenvalue weighted by Crippen LogP contribution is -2.48. The highest BCUT2D eigenvalue weighted by Crippen LogP contribution is 2.16. The Hall–Kier alpha value is -1.62. The number of hydrogen-bond acceptors (Lipinski definition) is 4. The number of piperazine rings is 1. The van der Waals surface area contributed by atoms with Crippen LogP contribution >= 0.6 is 0 Å². The smallest absolute Gasteiger partial charge is 0.239 e. The van der Waals surface area contributed by atoms with E-state index in [-0.39, 0.29) is 5.91 Å². The third-order valence-corrected chi connectivity index (χ3v) is 2.43. The fourth-order valence-electron chi connectivity index (χ4n) is 1.69. The highest BCUT2D eigenvalue weighted by atomic mass is 16.2. The molecule has 1 aliphatic heterocycles. The van der Waals surface area contributed by atoms with E-state index >= 15 is 0 Å². The molecule has 0 radical (unpaired) electrons. The molecule has 80 valence electrons. The number of pyridine rings is 1. The van der Waals surface area contributed by atoms with Crippen molar-refractivity contribution >= 4 is 11.7 Å². The first kappa shape index (κ1) is 9.92. The van der Waals surface area contributed by atoms with Gasteiger partial charge in [-0.3, -0.25) is 4.79 Å². The molecule has 0 atom stereocenters. The van der Waals surface area contributed by atoms with Gasteiger partial charge < -0.3 is 16.0 Å². The summed E-state index contributed by atoms with van der Waals surface area (Å²) in [6.07, 6.45) is 1.72. The Morgan fingerprint density at radius 2 is 2.47 bits per heavy atom. The van der Waals surface area contributed by atoms with E-state index in [1.807, 2.05) is 17.0 Å². The maximum atomic E-state index is 11.2. The zero-order chi connectivity index (χ0) is 10.7. The van der Waals surface area contributed by atoms with Crippen molar-refractivity contribution in [1.29, 1.82) is 0 Å². The largest absolute Gasteiger partial charge is 0.353 e. The second-order valence-electron chi connectivity index (χ2n) is 3.46. The van der Waals surface area contributed by atoms with Gasteiger partial charge in [0.2, 0.25) is 5.91 Å². The van der Waals surface area contributed by atoms with Crippen LogP contribution in [-0.4, -0.2) is 30.5 Å². The molecule has 2 heterocycles. The zero-order valence-electron chi connectivity index (χ0n) is 8.44. The molecular weight excluding hydrogens is 192 g/mol. The van der Waals surface area contributed by atoms with E-state index in [1.165, 1.54) is 0 Å². The van der Waals surface area contributed by atoms with Gasteiger partial charge in [-0.1, -0.05) is 6.07 Å². The van der Waals surface area contributed by atoms with E-state index in [0.717, 1.165) is 17.9 Å². The molecule has 1 saturated heterocycles. The minimum atomic E-state index is 0.0369. The van der Waals surface area contributed by atoms with Crippen LogP contribution in [-0.2, 0) is 11.3 Å². The lowest BCUT2D eigenvalue weighted by Gasteiger charge is -2.28. The van der Waals surface area contributed by atoms with Crippen LogP contribution in [0.15, 0.2) is 18.3 Å².